The van der Waals surface area contributed by atoms with Crippen LogP contribution in [0.3, 0.4) is 0 Å². The van der Waals surface area contributed by atoms with Crippen molar-refractivity contribution >= 4 is 11.5 Å². The first-order chi connectivity index (χ1) is 10.1. The molecule has 0 fully saturated rings. The van der Waals surface area contributed by atoms with Crippen LogP contribution in [-0.4, -0.2) is 18.9 Å². The number of benzene rings is 2. The zero-order chi connectivity index (χ0) is 15.2. The zero-order valence-electron chi connectivity index (χ0n) is 13.1. The van der Waals surface area contributed by atoms with Gasteiger partial charge >= 0.3 is 0 Å². The number of nitrogens with zero attached hydrogens (tertiary/aromatic N) is 1. The summed E-state index contributed by atoms with van der Waals surface area (Å²) in [5, 5.41) is 0. The summed E-state index contributed by atoms with van der Waals surface area (Å²) in [6.07, 6.45) is 0.547. The summed E-state index contributed by atoms with van der Waals surface area (Å²) < 4.78 is 0. The molecular formula is C19H23NO. The number of para-hydroxylation sites is 1. The lowest BCUT2D eigenvalue weighted by Crippen LogP contribution is -2.25. The van der Waals surface area contributed by atoms with Gasteiger partial charge in [0.1, 0.15) is 0 Å². The van der Waals surface area contributed by atoms with Crippen molar-refractivity contribution in [2.45, 2.75) is 27.2 Å². The third-order valence-corrected chi connectivity index (χ3v) is 3.66. The summed E-state index contributed by atoms with van der Waals surface area (Å²) in [5.41, 5.74) is 4.30. The molecule has 0 amide bonds. The first-order valence-corrected chi connectivity index (χ1v) is 7.51. The van der Waals surface area contributed by atoms with Crippen molar-refractivity contribution in [1.29, 1.82) is 0 Å². The molecule has 0 spiro atoms. The minimum atomic E-state index is 0.219. The maximum atomic E-state index is 12.4. The summed E-state index contributed by atoms with van der Waals surface area (Å²) in [6, 6.07) is 16.3. The van der Waals surface area contributed by atoms with Gasteiger partial charge in [0.15, 0.2) is 5.78 Å². The van der Waals surface area contributed by atoms with Crippen LogP contribution in [0.2, 0.25) is 0 Å². The minimum Gasteiger partial charge on any atom is -0.371 e. The Kier molecular flexibility index (Phi) is 5.15. The second-order valence-corrected chi connectivity index (χ2v) is 5.46. The summed E-state index contributed by atoms with van der Waals surface area (Å²) in [5.74, 6) is 0.219. The molecule has 0 aliphatic carbocycles. The fraction of sp³-hybridized carbons (Fsp3) is 0.316. The monoisotopic (exact) mass is 281 g/mol. The summed E-state index contributed by atoms with van der Waals surface area (Å²) in [4.78, 5) is 14.6. The fourth-order valence-electron chi connectivity index (χ4n) is 2.63. The van der Waals surface area contributed by atoms with Gasteiger partial charge in [-0.05, 0) is 45.0 Å². The molecule has 0 bridgehead atoms. The highest BCUT2D eigenvalue weighted by atomic mass is 16.1. The molecule has 0 saturated carbocycles. The number of rotatable bonds is 6. The van der Waals surface area contributed by atoms with Gasteiger partial charge in [-0.2, -0.15) is 0 Å². The second-order valence-electron chi connectivity index (χ2n) is 5.46. The predicted octanol–water partition coefficient (Wildman–Crippen LogP) is 4.40. The van der Waals surface area contributed by atoms with Crippen molar-refractivity contribution in [3.8, 4) is 0 Å². The van der Waals surface area contributed by atoms with Gasteiger partial charge in [0.2, 0.25) is 0 Å². The topological polar surface area (TPSA) is 20.3 Å². The largest absolute Gasteiger partial charge is 0.371 e. The van der Waals surface area contributed by atoms with Gasteiger partial charge in [0.25, 0.3) is 0 Å². The van der Waals surface area contributed by atoms with Crippen LogP contribution >= 0.6 is 0 Å². The molecule has 2 nitrogen and oxygen atoms in total. The van der Waals surface area contributed by atoms with Crippen LogP contribution in [0.15, 0.2) is 48.5 Å². The van der Waals surface area contributed by atoms with Crippen LogP contribution < -0.4 is 4.90 Å². The van der Waals surface area contributed by atoms with Crippen LogP contribution in [0.25, 0.3) is 0 Å². The van der Waals surface area contributed by atoms with Gasteiger partial charge in [-0.15, -0.1) is 0 Å². The molecule has 0 N–H and O–H groups in total. The number of hydrogen-bond acceptors (Lipinski definition) is 2. The SMILES string of the molecule is CCN(CCC(=O)c1cc(C)cc(C)c1)c1ccccc1. The zero-order valence-corrected chi connectivity index (χ0v) is 13.1. The molecule has 0 unspecified atom stereocenters. The Morgan fingerprint density at radius 2 is 1.62 bits per heavy atom. The maximum Gasteiger partial charge on any atom is 0.164 e. The lowest BCUT2D eigenvalue weighted by Gasteiger charge is -2.22. The highest BCUT2D eigenvalue weighted by Crippen LogP contribution is 2.15. The third-order valence-electron chi connectivity index (χ3n) is 3.66. The molecule has 0 atom stereocenters. The molecule has 110 valence electrons. The second kappa shape index (κ2) is 7.07. The molecule has 0 radical (unpaired) electrons. The number of ketones is 1. The van der Waals surface area contributed by atoms with Crippen LogP contribution in [0, 0.1) is 13.8 Å². The van der Waals surface area contributed by atoms with E-state index in [1.165, 1.54) is 5.69 Å². The van der Waals surface area contributed by atoms with Crippen LogP contribution in [-0.2, 0) is 0 Å². The molecule has 21 heavy (non-hydrogen) atoms. The number of aryl methyl sites for hydroxylation is 2. The number of carbonyl (C=O) groups is 1. The third kappa shape index (κ3) is 4.19. The first kappa shape index (κ1) is 15.3. The molecule has 2 rings (SSSR count). The standard InChI is InChI=1S/C19H23NO/c1-4-20(18-8-6-5-7-9-18)11-10-19(21)17-13-15(2)12-16(3)14-17/h5-9,12-14H,4,10-11H2,1-3H3. The van der Waals surface area contributed by atoms with E-state index < -0.39 is 0 Å². The molecule has 0 aromatic heterocycles. The molecule has 0 aliphatic rings. The summed E-state index contributed by atoms with van der Waals surface area (Å²) >= 11 is 0. The Balaban J connectivity index is 2.02. The average Bonchev–Trinajstić information content (AvgIpc) is 2.47. The fourth-order valence-corrected chi connectivity index (χ4v) is 2.63. The van der Waals surface area contributed by atoms with Crippen LogP contribution in [0.4, 0.5) is 5.69 Å². The van der Waals surface area contributed by atoms with Gasteiger partial charge < -0.3 is 4.90 Å². The smallest absolute Gasteiger partial charge is 0.164 e. The van der Waals surface area contributed by atoms with E-state index in [4.69, 9.17) is 0 Å². The predicted molar refractivity (Wildman–Crippen MR) is 89.2 cm³/mol. The van der Waals surface area contributed by atoms with Crippen molar-refractivity contribution in [2.75, 3.05) is 18.0 Å². The van der Waals surface area contributed by atoms with Gasteiger partial charge in [-0.3, -0.25) is 4.79 Å². The minimum absolute atomic E-state index is 0.219. The Hall–Kier alpha value is -2.09. The number of anilines is 1. The molecule has 2 heteroatoms. The van der Waals surface area contributed by atoms with Crippen LogP contribution in [0.1, 0.15) is 34.8 Å². The molecular weight excluding hydrogens is 258 g/mol. The summed E-state index contributed by atoms with van der Waals surface area (Å²) in [6.45, 7) is 7.85. The van der Waals surface area contributed by atoms with Gasteiger partial charge in [-0.1, -0.05) is 35.4 Å². The van der Waals surface area contributed by atoms with Crippen molar-refractivity contribution in [3.05, 3.63) is 65.2 Å². The number of carbonyl (C=O) groups excluding carboxylic acids is 1. The highest BCUT2D eigenvalue weighted by molar-refractivity contribution is 5.96. The van der Waals surface area contributed by atoms with Crippen molar-refractivity contribution in [2.24, 2.45) is 0 Å². The quantitative estimate of drug-likeness (QED) is 0.731. The molecule has 0 heterocycles. The maximum absolute atomic E-state index is 12.4. The first-order valence-electron chi connectivity index (χ1n) is 7.51. The Labute approximate surface area is 127 Å². The van der Waals surface area contributed by atoms with Crippen molar-refractivity contribution in [1.82, 2.24) is 0 Å². The van der Waals surface area contributed by atoms with E-state index in [1.807, 2.05) is 44.2 Å². The van der Waals surface area contributed by atoms with Gasteiger partial charge in [0.05, 0.1) is 0 Å². The number of hydrogen-bond donors (Lipinski definition) is 0. The van der Waals surface area contributed by atoms with E-state index >= 15 is 0 Å². The Morgan fingerprint density at radius 1 is 1.00 bits per heavy atom. The van der Waals surface area contributed by atoms with Crippen molar-refractivity contribution in [3.63, 3.8) is 0 Å². The summed E-state index contributed by atoms with van der Waals surface area (Å²) in [7, 11) is 0. The van der Waals surface area contributed by atoms with Gasteiger partial charge in [0, 0.05) is 30.8 Å². The van der Waals surface area contributed by atoms with E-state index in [-0.39, 0.29) is 5.78 Å². The van der Waals surface area contributed by atoms with E-state index in [1.54, 1.807) is 0 Å². The lowest BCUT2D eigenvalue weighted by atomic mass is 10.0. The molecule has 2 aromatic carbocycles. The Bertz CT molecular complexity index is 584. The average molecular weight is 281 g/mol. The van der Waals surface area contributed by atoms with E-state index in [0.717, 1.165) is 29.8 Å². The van der Waals surface area contributed by atoms with E-state index in [9.17, 15) is 4.79 Å². The van der Waals surface area contributed by atoms with Crippen LogP contribution in [0.5, 0.6) is 0 Å². The van der Waals surface area contributed by atoms with E-state index in [0.29, 0.717) is 6.42 Å². The highest BCUT2D eigenvalue weighted by Gasteiger charge is 2.10. The van der Waals surface area contributed by atoms with E-state index in [2.05, 4.69) is 30.0 Å². The van der Waals surface area contributed by atoms with Gasteiger partial charge in [-0.25, -0.2) is 0 Å². The lowest BCUT2D eigenvalue weighted by molar-refractivity contribution is 0.0984. The molecule has 0 aliphatic heterocycles. The molecule has 2 aromatic rings. The Morgan fingerprint density at radius 3 is 2.19 bits per heavy atom. The normalized spacial score (nSPS) is 10.4. The number of Topliss-reactive ketones (excluding diaryl/α,β-unsaturated/α-hetero) is 1. The van der Waals surface area contributed by atoms with Crippen molar-refractivity contribution < 1.29 is 4.79 Å². The molecule has 0 saturated heterocycles.